The molecule has 2 aromatic heterocycles. The van der Waals surface area contributed by atoms with E-state index in [0.717, 1.165) is 5.52 Å². The quantitative estimate of drug-likeness (QED) is 0.647. The van der Waals surface area contributed by atoms with E-state index in [0.29, 0.717) is 5.52 Å². The minimum absolute atomic E-state index is 0.0314. The molecule has 60 valence electrons. The Labute approximate surface area is 67.1 Å². The van der Waals surface area contributed by atoms with Gasteiger partial charge in [0.15, 0.2) is 0 Å². The SMILES string of the molecule is O=C(O)c1ccc2[nH]ncc2n1. The number of aromatic nitrogens is 3. The van der Waals surface area contributed by atoms with Gasteiger partial charge in [0.2, 0.25) is 0 Å². The van der Waals surface area contributed by atoms with Crippen LogP contribution in [0.2, 0.25) is 0 Å². The molecule has 0 saturated heterocycles. The molecule has 0 fully saturated rings. The second kappa shape index (κ2) is 2.30. The molecule has 5 nitrogen and oxygen atoms in total. The number of carbonyl (C=O) groups is 1. The molecular formula is C7H5N3O2. The Kier molecular flexibility index (Phi) is 1.30. The number of carboxylic acids is 1. The highest BCUT2D eigenvalue weighted by Gasteiger charge is 2.05. The molecule has 2 N–H and O–H groups in total. The molecule has 0 radical (unpaired) electrons. The summed E-state index contributed by atoms with van der Waals surface area (Å²) < 4.78 is 0. The molecule has 0 aliphatic rings. The second-order valence-electron chi connectivity index (χ2n) is 2.30. The maximum Gasteiger partial charge on any atom is 0.354 e. The monoisotopic (exact) mass is 163 g/mol. The van der Waals surface area contributed by atoms with Crippen molar-refractivity contribution in [2.45, 2.75) is 0 Å². The Hall–Kier alpha value is -1.91. The number of hydrogen-bond donors (Lipinski definition) is 2. The topological polar surface area (TPSA) is 78.9 Å². The van der Waals surface area contributed by atoms with E-state index in [2.05, 4.69) is 15.2 Å². The van der Waals surface area contributed by atoms with E-state index in [4.69, 9.17) is 5.11 Å². The van der Waals surface area contributed by atoms with Gasteiger partial charge in [0.25, 0.3) is 0 Å². The lowest BCUT2D eigenvalue weighted by Gasteiger charge is -1.91. The van der Waals surface area contributed by atoms with Crippen LogP contribution in [0.1, 0.15) is 10.5 Å². The van der Waals surface area contributed by atoms with Gasteiger partial charge in [-0.15, -0.1) is 0 Å². The number of rotatable bonds is 1. The van der Waals surface area contributed by atoms with Crippen molar-refractivity contribution in [3.8, 4) is 0 Å². The Morgan fingerprint density at radius 2 is 2.33 bits per heavy atom. The lowest BCUT2D eigenvalue weighted by Crippen LogP contribution is -1.98. The molecule has 2 rings (SSSR count). The van der Waals surface area contributed by atoms with Gasteiger partial charge in [0.05, 0.1) is 11.7 Å². The summed E-state index contributed by atoms with van der Waals surface area (Å²) in [6, 6.07) is 3.07. The normalized spacial score (nSPS) is 10.3. The van der Waals surface area contributed by atoms with Gasteiger partial charge >= 0.3 is 5.97 Å². The average molecular weight is 163 g/mol. The molecule has 0 aliphatic heterocycles. The molecule has 2 heterocycles. The molecule has 0 aromatic carbocycles. The van der Waals surface area contributed by atoms with Crippen molar-refractivity contribution in [2.75, 3.05) is 0 Å². The number of nitrogens with zero attached hydrogens (tertiary/aromatic N) is 2. The molecule has 5 heteroatoms. The maximum absolute atomic E-state index is 10.5. The fourth-order valence-corrected chi connectivity index (χ4v) is 0.950. The summed E-state index contributed by atoms with van der Waals surface area (Å²) in [4.78, 5) is 14.3. The summed E-state index contributed by atoms with van der Waals surface area (Å²) >= 11 is 0. The highest BCUT2D eigenvalue weighted by Crippen LogP contribution is 2.07. The minimum Gasteiger partial charge on any atom is -0.477 e. The van der Waals surface area contributed by atoms with Crippen molar-refractivity contribution < 1.29 is 9.90 Å². The predicted molar refractivity (Wildman–Crippen MR) is 40.8 cm³/mol. The molecule has 2 aromatic rings. The van der Waals surface area contributed by atoms with Crippen LogP contribution in [-0.2, 0) is 0 Å². The highest BCUT2D eigenvalue weighted by atomic mass is 16.4. The number of aromatic amines is 1. The third-order valence-electron chi connectivity index (χ3n) is 1.52. The summed E-state index contributed by atoms with van der Waals surface area (Å²) in [5, 5.41) is 15.0. The van der Waals surface area contributed by atoms with Crippen LogP contribution < -0.4 is 0 Å². The molecular weight excluding hydrogens is 158 g/mol. The van der Waals surface area contributed by atoms with Crippen LogP contribution in [0, 0.1) is 0 Å². The first-order chi connectivity index (χ1) is 5.77. The van der Waals surface area contributed by atoms with Crippen molar-refractivity contribution in [3.63, 3.8) is 0 Å². The average Bonchev–Trinajstić information content (AvgIpc) is 2.49. The summed E-state index contributed by atoms with van der Waals surface area (Å²) in [5.41, 5.74) is 1.33. The number of nitrogens with one attached hydrogen (secondary N) is 1. The zero-order chi connectivity index (χ0) is 8.55. The summed E-state index contributed by atoms with van der Waals surface area (Å²) in [7, 11) is 0. The number of H-pyrrole nitrogens is 1. The van der Waals surface area contributed by atoms with Crippen LogP contribution in [0.15, 0.2) is 18.3 Å². The van der Waals surface area contributed by atoms with Crippen molar-refractivity contribution in [1.29, 1.82) is 0 Å². The molecule has 0 saturated carbocycles. The lowest BCUT2D eigenvalue weighted by atomic mass is 10.3. The smallest absolute Gasteiger partial charge is 0.354 e. The van der Waals surface area contributed by atoms with Gasteiger partial charge in [-0.2, -0.15) is 5.10 Å². The van der Waals surface area contributed by atoms with Gasteiger partial charge in [-0.1, -0.05) is 0 Å². The third-order valence-corrected chi connectivity index (χ3v) is 1.52. The fraction of sp³-hybridized carbons (Fsp3) is 0. The van der Waals surface area contributed by atoms with E-state index in [1.54, 1.807) is 6.07 Å². The fourth-order valence-electron chi connectivity index (χ4n) is 0.950. The molecule has 0 aliphatic carbocycles. The Bertz CT molecular complexity index is 435. The summed E-state index contributed by atoms with van der Waals surface area (Å²) in [6.07, 6.45) is 1.49. The van der Waals surface area contributed by atoms with Gasteiger partial charge in [-0.25, -0.2) is 9.78 Å². The molecule has 0 spiro atoms. The van der Waals surface area contributed by atoms with Crippen LogP contribution >= 0.6 is 0 Å². The Morgan fingerprint density at radius 1 is 1.50 bits per heavy atom. The van der Waals surface area contributed by atoms with E-state index in [1.165, 1.54) is 12.3 Å². The van der Waals surface area contributed by atoms with Gasteiger partial charge in [0.1, 0.15) is 11.2 Å². The zero-order valence-electron chi connectivity index (χ0n) is 5.98. The van der Waals surface area contributed by atoms with E-state index in [1.807, 2.05) is 0 Å². The molecule has 0 amide bonds. The van der Waals surface area contributed by atoms with Crippen LogP contribution in [-0.4, -0.2) is 26.3 Å². The van der Waals surface area contributed by atoms with Crippen LogP contribution in [0.4, 0.5) is 0 Å². The van der Waals surface area contributed by atoms with Gasteiger partial charge in [-0.3, -0.25) is 5.10 Å². The number of pyridine rings is 1. The lowest BCUT2D eigenvalue weighted by molar-refractivity contribution is 0.0691. The largest absolute Gasteiger partial charge is 0.477 e. The second-order valence-corrected chi connectivity index (χ2v) is 2.30. The van der Waals surface area contributed by atoms with Gasteiger partial charge < -0.3 is 5.11 Å². The van der Waals surface area contributed by atoms with E-state index < -0.39 is 5.97 Å². The molecule has 12 heavy (non-hydrogen) atoms. The van der Waals surface area contributed by atoms with Crippen molar-refractivity contribution >= 4 is 17.0 Å². The Balaban J connectivity index is 2.68. The first-order valence-electron chi connectivity index (χ1n) is 3.31. The molecule has 0 atom stereocenters. The number of hydrogen-bond acceptors (Lipinski definition) is 3. The standard InChI is InChI=1S/C7H5N3O2/c11-7(12)5-2-1-4-6(9-5)3-8-10-4/h1-3H,(H,8,10)(H,11,12). The highest BCUT2D eigenvalue weighted by molar-refractivity contribution is 5.88. The number of aromatic carboxylic acids is 1. The zero-order valence-corrected chi connectivity index (χ0v) is 5.98. The van der Waals surface area contributed by atoms with Crippen LogP contribution in [0.3, 0.4) is 0 Å². The number of carboxylic acid groups (broad SMARTS) is 1. The van der Waals surface area contributed by atoms with Crippen molar-refractivity contribution in [3.05, 3.63) is 24.0 Å². The van der Waals surface area contributed by atoms with Gasteiger partial charge in [0, 0.05) is 0 Å². The molecule has 0 unspecified atom stereocenters. The number of fused-ring (bicyclic) bond motifs is 1. The van der Waals surface area contributed by atoms with E-state index >= 15 is 0 Å². The van der Waals surface area contributed by atoms with E-state index in [-0.39, 0.29) is 5.69 Å². The predicted octanol–water partition coefficient (Wildman–Crippen LogP) is 0.656. The van der Waals surface area contributed by atoms with Crippen LogP contribution in [0.25, 0.3) is 11.0 Å². The minimum atomic E-state index is -1.03. The maximum atomic E-state index is 10.5. The molecule has 0 bridgehead atoms. The van der Waals surface area contributed by atoms with Crippen LogP contribution in [0.5, 0.6) is 0 Å². The Morgan fingerprint density at radius 3 is 3.08 bits per heavy atom. The van der Waals surface area contributed by atoms with Crippen molar-refractivity contribution in [1.82, 2.24) is 15.2 Å². The first kappa shape index (κ1) is 6.78. The third kappa shape index (κ3) is 0.914. The first-order valence-corrected chi connectivity index (χ1v) is 3.31. The summed E-state index contributed by atoms with van der Waals surface area (Å²) in [5.74, 6) is -1.03. The summed E-state index contributed by atoms with van der Waals surface area (Å²) in [6.45, 7) is 0. The van der Waals surface area contributed by atoms with Gasteiger partial charge in [-0.05, 0) is 12.1 Å². The van der Waals surface area contributed by atoms with E-state index in [9.17, 15) is 4.79 Å². The van der Waals surface area contributed by atoms with Crippen molar-refractivity contribution in [2.24, 2.45) is 0 Å².